The lowest BCUT2D eigenvalue weighted by atomic mass is 10.1. The molecule has 4 N–H and O–H groups in total. The van der Waals surface area contributed by atoms with Crippen LogP contribution in [0.5, 0.6) is 0 Å². The molecule has 0 aliphatic carbocycles. The Hall–Kier alpha value is -2.21. The molecule has 0 spiro atoms. The number of aryl methyl sites for hydroxylation is 1. The van der Waals surface area contributed by atoms with Gasteiger partial charge in [0.25, 0.3) is 0 Å². The van der Waals surface area contributed by atoms with Gasteiger partial charge >= 0.3 is 5.97 Å². The van der Waals surface area contributed by atoms with Crippen LogP contribution in [0.1, 0.15) is 16.8 Å². The molecule has 106 valence electrons. The fourth-order valence-corrected chi connectivity index (χ4v) is 2.16. The molecule has 1 heterocycles. The van der Waals surface area contributed by atoms with E-state index in [9.17, 15) is 4.79 Å². The number of halogens is 1. The molecular formula is C13H15ClN4O2. The van der Waals surface area contributed by atoms with Gasteiger partial charge in [-0.25, -0.2) is 4.79 Å². The summed E-state index contributed by atoms with van der Waals surface area (Å²) in [6.45, 7) is 1.33. The lowest BCUT2D eigenvalue weighted by molar-refractivity contribution is 0.0698. The summed E-state index contributed by atoms with van der Waals surface area (Å²) < 4.78 is 1.81. The van der Waals surface area contributed by atoms with Gasteiger partial charge in [0, 0.05) is 31.2 Å². The second-order valence-corrected chi connectivity index (χ2v) is 4.69. The van der Waals surface area contributed by atoms with E-state index in [2.05, 4.69) is 10.4 Å². The van der Waals surface area contributed by atoms with Crippen molar-refractivity contribution < 1.29 is 9.90 Å². The third-order valence-electron chi connectivity index (χ3n) is 2.77. The highest BCUT2D eigenvalue weighted by Gasteiger charge is 2.14. The summed E-state index contributed by atoms with van der Waals surface area (Å²) in [6.07, 6.45) is 4.38. The molecule has 0 fully saturated rings. The minimum Gasteiger partial charge on any atom is -0.478 e. The van der Waals surface area contributed by atoms with Crippen LogP contribution in [-0.4, -0.2) is 27.4 Å². The van der Waals surface area contributed by atoms with Crippen LogP contribution in [0.15, 0.2) is 30.6 Å². The van der Waals surface area contributed by atoms with Crippen LogP contribution >= 0.6 is 11.6 Å². The lowest BCUT2D eigenvalue weighted by Crippen LogP contribution is -2.11. The Morgan fingerprint density at radius 2 is 2.30 bits per heavy atom. The minimum absolute atomic E-state index is 0.0779. The molecule has 0 amide bonds. The Bertz CT molecular complexity index is 599. The molecule has 0 saturated heterocycles. The maximum Gasteiger partial charge on any atom is 0.337 e. The van der Waals surface area contributed by atoms with Gasteiger partial charge < -0.3 is 16.2 Å². The number of carbonyl (C=O) groups is 1. The number of hydrogen-bond donors (Lipinski definition) is 3. The highest BCUT2D eigenvalue weighted by atomic mass is 35.5. The second kappa shape index (κ2) is 6.29. The molecule has 0 radical (unpaired) electrons. The molecule has 1 aromatic heterocycles. The Balaban J connectivity index is 2.00. The zero-order valence-electron chi connectivity index (χ0n) is 10.7. The van der Waals surface area contributed by atoms with E-state index >= 15 is 0 Å². The molecule has 0 atom stereocenters. The fourth-order valence-electron chi connectivity index (χ4n) is 1.86. The van der Waals surface area contributed by atoms with E-state index in [4.69, 9.17) is 22.4 Å². The Morgan fingerprint density at radius 1 is 1.50 bits per heavy atom. The molecule has 1 aromatic carbocycles. The SMILES string of the molecule is Nc1cc(Cl)c(NCCCn2cccn2)c(C(=O)O)c1. The number of carboxylic acids is 1. The van der Waals surface area contributed by atoms with Crippen LogP contribution < -0.4 is 11.1 Å². The number of aromatic nitrogens is 2. The first kappa shape index (κ1) is 14.2. The van der Waals surface area contributed by atoms with Gasteiger partial charge in [-0.15, -0.1) is 0 Å². The van der Waals surface area contributed by atoms with Crippen molar-refractivity contribution in [3.8, 4) is 0 Å². The predicted octanol–water partition coefficient (Wildman–Crippen LogP) is 2.32. The molecule has 0 aliphatic rings. The molecule has 0 bridgehead atoms. The van der Waals surface area contributed by atoms with Gasteiger partial charge in [-0.1, -0.05) is 11.6 Å². The fraction of sp³-hybridized carbons (Fsp3) is 0.231. The van der Waals surface area contributed by atoms with Gasteiger partial charge in [-0.3, -0.25) is 4.68 Å². The standard InChI is InChI=1S/C13H15ClN4O2/c14-11-8-9(15)7-10(13(19)20)12(11)16-3-1-5-18-6-2-4-17-18/h2,4,6-8,16H,1,3,5,15H2,(H,19,20). The Kier molecular flexibility index (Phi) is 4.47. The third-order valence-corrected chi connectivity index (χ3v) is 3.07. The van der Waals surface area contributed by atoms with E-state index in [-0.39, 0.29) is 5.56 Å². The average Bonchev–Trinajstić information content (AvgIpc) is 2.88. The number of nitrogens with two attached hydrogens (primary N) is 1. The van der Waals surface area contributed by atoms with Gasteiger partial charge in [0.15, 0.2) is 0 Å². The minimum atomic E-state index is -1.06. The number of nitrogen functional groups attached to an aromatic ring is 1. The van der Waals surface area contributed by atoms with Crippen LogP contribution in [0.3, 0.4) is 0 Å². The van der Waals surface area contributed by atoms with Crippen molar-refractivity contribution in [1.82, 2.24) is 9.78 Å². The first-order valence-electron chi connectivity index (χ1n) is 6.11. The Labute approximate surface area is 121 Å². The van der Waals surface area contributed by atoms with Crippen molar-refractivity contribution in [2.24, 2.45) is 0 Å². The smallest absolute Gasteiger partial charge is 0.337 e. The summed E-state index contributed by atoms with van der Waals surface area (Å²) >= 11 is 6.03. The molecule has 0 aliphatic heterocycles. The van der Waals surface area contributed by atoms with Gasteiger partial charge in [-0.2, -0.15) is 5.10 Å². The van der Waals surface area contributed by atoms with Crippen LogP contribution in [0.2, 0.25) is 5.02 Å². The molecular weight excluding hydrogens is 280 g/mol. The summed E-state index contributed by atoms with van der Waals surface area (Å²) in [5.41, 5.74) is 6.40. The number of rotatable bonds is 6. The van der Waals surface area contributed by atoms with E-state index in [1.807, 2.05) is 16.9 Å². The summed E-state index contributed by atoms with van der Waals surface area (Å²) in [5.74, 6) is -1.06. The van der Waals surface area contributed by atoms with E-state index in [0.717, 1.165) is 13.0 Å². The first-order chi connectivity index (χ1) is 9.58. The quantitative estimate of drug-likeness (QED) is 0.561. The largest absolute Gasteiger partial charge is 0.478 e. The number of aromatic carboxylic acids is 1. The maximum absolute atomic E-state index is 11.2. The normalized spacial score (nSPS) is 10.4. The topological polar surface area (TPSA) is 93.2 Å². The van der Waals surface area contributed by atoms with Gasteiger partial charge in [0.2, 0.25) is 0 Å². The summed E-state index contributed by atoms with van der Waals surface area (Å²) in [4.78, 5) is 11.2. The zero-order valence-corrected chi connectivity index (χ0v) is 11.5. The zero-order chi connectivity index (χ0) is 14.5. The van der Waals surface area contributed by atoms with Gasteiger partial charge in [0.05, 0.1) is 16.3 Å². The van der Waals surface area contributed by atoms with Crippen molar-refractivity contribution in [3.63, 3.8) is 0 Å². The number of nitrogens with zero attached hydrogens (tertiary/aromatic N) is 2. The average molecular weight is 295 g/mol. The molecule has 2 aromatic rings. The van der Waals surface area contributed by atoms with Crippen LogP contribution in [-0.2, 0) is 6.54 Å². The number of anilines is 2. The molecule has 7 heteroatoms. The summed E-state index contributed by atoms with van der Waals surface area (Å²) in [5, 5.41) is 16.6. The van der Waals surface area contributed by atoms with Crippen molar-refractivity contribution >= 4 is 28.9 Å². The highest BCUT2D eigenvalue weighted by Crippen LogP contribution is 2.29. The van der Waals surface area contributed by atoms with E-state index in [1.54, 1.807) is 6.20 Å². The van der Waals surface area contributed by atoms with E-state index in [0.29, 0.717) is 22.9 Å². The van der Waals surface area contributed by atoms with Gasteiger partial charge in [-0.05, 0) is 24.6 Å². The molecule has 2 rings (SSSR count). The number of carboxylic acid groups (broad SMARTS) is 1. The van der Waals surface area contributed by atoms with E-state index in [1.165, 1.54) is 12.1 Å². The third kappa shape index (κ3) is 3.42. The Morgan fingerprint density at radius 3 is 2.95 bits per heavy atom. The van der Waals surface area contributed by atoms with Crippen molar-refractivity contribution in [2.45, 2.75) is 13.0 Å². The monoisotopic (exact) mass is 294 g/mol. The molecule has 20 heavy (non-hydrogen) atoms. The molecule has 0 unspecified atom stereocenters. The van der Waals surface area contributed by atoms with Crippen molar-refractivity contribution in [3.05, 3.63) is 41.2 Å². The van der Waals surface area contributed by atoms with Crippen LogP contribution in [0.4, 0.5) is 11.4 Å². The van der Waals surface area contributed by atoms with Crippen LogP contribution in [0.25, 0.3) is 0 Å². The molecule has 0 saturated carbocycles. The highest BCUT2D eigenvalue weighted by molar-refractivity contribution is 6.34. The number of nitrogens with one attached hydrogen (secondary N) is 1. The molecule has 6 nitrogen and oxygen atoms in total. The summed E-state index contributed by atoms with van der Waals surface area (Å²) in [6, 6.07) is 4.78. The van der Waals surface area contributed by atoms with Crippen molar-refractivity contribution in [2.75, 3.05) is 17.6 Å². The van der Waals surface area contributed by atoms with Crippen molar-refractivity contribution in [1.29, 1.82) is 0 Å². The van der Waals surface area contributed by atoms with Crippen LogP contribution in [0, 0.1) is 0 Å². The number of benzene rings is 1. The first-order valence-corrected chi connectivity index (χ1v) is 6.49. The lowest BCUT2D eigenvalue weighted by Gasteiger charge is -2.12. The second-order valence-electron chi connectivity index (χ2n) is 4.28. The summed E-state index contributed by atoms with van der Waals surface area (Å²) in [7, 11) is 0. The van der Waals surface area contributed by atoms with Gasteiger partial charge in [0.1, 0.15) is 0 Å². The number of hydrogen-bond acceptors (Lipinski definition) is 4. The predicted molar refractivity (Wildman–Crippen MR) is 78.2 cm³/mol. The van der Waals surface area contributed by atoms with E-state index < -0.39 is 5.97 Å². The maximum atomic E-state index is 11.2.